The Morgan fingerprint density at radius 2 is 2.10 bits per heavy atom. The summed E-state index contributed by atoms with van der Waals surface area (Å²) in [5.74, 6) is 0.395. The van der Waals surface area contributed by atoms with Crippen LogP contribution in [0.5, 0.6) is 0 Å². The molecule has 2 aromatic heterocycles. The van der Waals surface area contributed by atoms with Crippen molar-refractivity contribution < 1.29 is 4.79 Å². The van der Waals surface area contributed by atoms with Gasteiger partial charge in [-0.05, 0) is 43.0 Å². The summed E-state index contributed by atoms with van der Waals surface area (Å²) in [6.45, 7) is 2.12. The molecule has 8 heteroatoms. The van der Waals surface area contributed by atoms with Crippen molar-refractivity contribution in [2.75, 3.05) is 11.1 Å². The highest BCUT2D eigenvalue weighted by molar-refractivity contribution is 6.07. The largest absolute Gasteiger partial charge is 0.383 e. The lowest BCUT2D eigenvalue weighted by atomic mass is 9.93. The Hall–Kier alpha value is -3.47. The Balaban J connectivity index is 1.72. The number of fused-ring (bicyclic) bond motifs is 2. The number of nitrogens with zero attached hydrogens (tertiary/aromatic N) is 5. The number of nitrogens with two attached hydrogens (primary N) is 1. The lowest BCUT2D eigenvalue weighted by Gasteiger charge is -2.13. The van der Waals surface area contributed by atoms with Gasteiger partial charge in [0, 0.05) is 12.1 Å². The summed E-state index contributed by atoms with van der Waals surface area (Å²) in [6.07, 6.45) is 7.11. The Morgan fingerprint density at radius 3 is 2.84 bits per heavy atom. The van der Waals surface area contributed by atoms with Crippen molar-refractivity contribution in [1.29, 1.82) is 5.26 Å². The van der Waals surface area contributed by atoms with Crippen LogP contribution in [0.4, 0.5) is 11.5 Å². The zero-order valence-corrected chi connectivity index (χ0v) is 17.6. The zero-order valence-electron chi connectivity index (χ0n) is 17.6. The summed E-state index contributed by atoms with van der Waals surface area (Å²) in [6, 6.07) is 7.65. The molecule has 3 aromatic rings. The van der Waals surface area contributed by atoms with Gasteiger partial charge in [-0.25, -0.2) is 14.6 Å². The first kappa shape index (κ1) is 19.5. The Kier molecular flexibility index (Phi) is 4.81. The average molecular weight is 416 g/mol. The summed E-state index contributed by atoms with van der Waals surface area (Å²) in [4.78, 5) is 22.6. The molecule has 3 N–H and O–H groups in total. The fourth-order valence-electron chi connectivity index (χ4n) is 4.79. The van der Waals surface area contributed by atoms with Gasteiger partial charge >= 0.3 is 0 Å². The number of carbonyl (C=O) groups excluding carboxylic acids is 1. The van der Waals surface area contributed by atoms with Crippen molar-refractivity contribution in [1.82, 2.24) is 19.7 Å². The van der Waals surface area contributed by atoms with Gasteiger partial charge in [-0.2, -0.15) is 10.4 Å². The second-order valence-electron chi connectivity index (χ2n) is 8.43. The quantitative estimate of drug-likeness (QED) is 0.653. The van der Waals surface area contributed by atoms with Gasteiger partial charge in [0.15, 0.2) is 5.65 Å². The predicted octanol–water partition coefficient (Wildman–Crippen LogP) is 3.82. The normalized spacial score (nSPS) is 18.3. The number of amides is 1. The lowest BCUT2D eigenvalue weighted by molar-refractivity contribution is -0.116. The third-order valence-corrected chi connectivity index (χ3v) is 6.38. The van der Waals surface area contributed by atoms with E-state index < -0.39 is 5.92 Å². The number of nitrogen functional groups attached to an aromatic ring is 1. The van der Waals surface area contributed by atoms with Gasteiger partial charge in [0.2, 0.25) is 5.91 Å². The Bertz CT molecular complexity index is 1220. The highest BCUT2D eigenvalue weighted by Gasteiger charge is 2.37. The van der Waals surface area contributed by atoms with Crippen LogP contribution in [0.3, 0.4) is 0 Å². The summed E-state index contributed by atoms with van der Waals surface area (Å²) in [7, 11) is 0. The summed E-state index contributed by atoms with van der Waals surface area (Å²) >= 11 is 0. The maximum atomic E-state index is 13.1. The smallest absolute Gasteiger partial charge is 0.238 e. The van der Waals surface area contributed by atoms with Crippen LogP contribution in [0.2, 0.25) is 0 Å². The number of hydrogen-bond acceptors (Lipinski definition) is 6. The molecule has 31 heavy (non-hydrogen) atoms. The van der Waals surface area contributed by atoms with E-state index in [0.717, 1.165) is 50.5 Å². The van der Waals surface area contributed by atoms with Crippen molar-refractivity contribution in [2.45, 2.75) is 63.8 Å². The second-order valence-corrected chi connectivity index (χ2v) is 8.43. The van der Waals surface area contributed by atoms with Gasteiger partial charge in [0.05, 0.1) is 28.8 Å². The SMILES string of the molecule is CCCCc1nc(C2C(=O)Nc3ccc(C#N)cc32)c2c(N)n(C3CCCC3)nc2n1. The van der Waals surface area contributed by atoms with E-state index >= 15 is 0 Å². The minimum absolute atomic E-state index is 0.167. The Morgan fingerprint density at radius 1 is 1.29 bits per heavy atom. The monoisotopic (exact) mass is 415 g/mol. The fourth-order valence-corrected chi connectivity index (χ4v) is 4.79. The van der Waals surface area contributed by atoms with E-state index in [1.54, 1.807) is 18.2 Å². The minimum Gasteiger partial charge on any atom is -0.383 e. The van der Waals surface area contributed by atoms with Gasteiger partial charge in [-0.1, -0.05) is 26.2 Å². The molecule has 0 bridgehead atoms. The minimum atomic E-state index is -0.641. The van der Waals surface area contributed by atoms with Gasteiger partial charge in [0.25, 0.3) is 0 Å². The van der Waals surface area contributed by atoms with E-state index in [4.69, 9.17) is 20.8 Å². The number of rotatable bonds is 5. The molecular formula is C23H25N7O. The number of benzene rings is 1. The fraction of sp³-hybridized carbons (Fsp3) is 0.435. The molecule has 1 unspecified atom stereocenters. The molecule has 0 spiro atoms. The highest BCUT2D eigenvalue weighted by Crippen LogP contribution is 2.42. The molecule has 1 saturated carbocycles. The maximum absolute atomic E-state index is 13.1. The lowest BCUT2D eigenvalue weighted by Crippen LogP contribution is -2.16. The number of hydrogen-bond donors (Lipinski definition) is 2. The molecule has 3 heterocycles. The molecule has 5 rings (SSSR count). The Labute approximate surface area is 180 Å². The maximum Gasteiger partial charge on any atom is 0.238 e. The topological polar surface area (TPSA) is 123 Å². The predicted molar refractivity (Wildman–Crippen MR) is 117 cm³/mol. The molecule has 1 fully saturated rings. The van der Waals surface area contributed by atoms with Crippen LogP contribution in [0.25, 0.3) is 11.0 Å². The van der Waals surface area contributed by atoms with E-state index in [-0.39, 0.29) is 11.9 Å². The molecule has 2 aliphatic rings. The molecule has 1 amide bonds. The van der Waals surface area contributed by atoms with Crippen LogP contribution >= 0.6 is 0 Å². The summed E-state index contributed by atoms with van der Waals surface area (Å²) in [5.41, 5.74) is 9.70. The van der Waals surface area contributed by atoms with E-state index in [0.29, 0.717) is 39.6 Å². The summed E-state index contributed by atoms with van der Waals surface area (Å²) in [5, 5.41) is 17.7. The van der Waals surface area contributed by atoms with Crippen LogP contribution in [-0.2, 0) is 11.2 Å². The van der Waals surface area contributed by atoms with Crippen LogP contribution in [0.15, 0.2) is 18.2 Å². The van der Waals surface area contributed by atoms with Gasteiger partial charge < -0.3 is 11.1 Å². The van der Waals surface area contributed by atoms with Gasteiger partial charge in [-0.15, -0.1) is 0 Å². The molecule has 1 aliphatic carbocycles. The molecule has 8 nitrogen and oxygen atoms in total. The molecule has 0 radical (unpaired) electrons. The zero-order chi connectivity index (χ0) is 21.5. The molecule has 1 aliphatic heterocycles. The first-order valence-corrected chi connectivity index (χ1v) is 11.0. The van der Waals surface area contributed by atoms with Gasteiger partial charge in [0.1, 0.15) is 17.6 Å². The third-order valence-electron chi connectivity index (χ3n) is 6.38. The van der Waals surface area contributed by atoms with E-state index in [1.807, 2.05) is 4.68 Å². The third kappa shape index (κ3) is 3.21. The summed E-state index contributed by atoms with van der Waals surface area (Å²) < 4.78 is 1.89. The van der Waals surface area contributed by atoms with E-state index in [2.05, 4.69) is 18.3 Å². The molecule has 1 aromatic carbocycles. The van der Waals surface area contributed by atoms with Crippen molar-refractivity contribution in [3.63, 3.8) is 0 Å². The number of anilines is 2. The first-order valence-electron chi connectivity index (χ1n) is 11.0. The standard InChI is InChI=1S/C23H25N7O/c1-2-3-8-17-27-20(18-15-11-13(12-24)9-10-16(15)26-23(18)31)19-21(25)30(29-22(19)28-17)14-6-4-5-7-14/h9-11,14,18H,2-8,25H2,1H3,(H,26,31). The van der Waals surface area contributed by atoms with Crippen molar-refractivity contribution >= 4 is 28.4 Å². The molecular weight excluding hydrogens is 390 g/mol. The number of aryl methyl sites for hydroxylation is 1. The van der Waals surface area contributed by atoms with E-state index in [1.165, 1.54) is 0 Å². The van der Waals surface area contributed by atoms with Crippen molar-refractivity contribution in [3.05, 3.63) is 40.8 Å². The molecule has 1 atom stereocenters. The van der Waals surface area contributed by atoms with Crippen LogP contribution in [0, 0.1) is 11.3 Å². The highest BCUT2D eigenvalue weighted by atomic mass is 16.2. The molecule has 158 valence electrons. The van der Waals surface area contributed by atoms with E-state index in [9.17, 15) is 10.1 Å². The van der Waals surface area contributed by atoms with Crippen molar-refractivity contribution in [2.24, 2.45) is 0 Å². The molecule has 0 saturated heterocycles. The van der Waals surface area contributed by atoms with Crippen LogP contribution in [0.1, 0.15) is 80.1 Å². The van der Waals surface area contributed by atoms with Gasteiger partial charge in [-0.3, -0.25) is 4.79 Å². The number of unbranched alkanes of at least 4 members (excludes halogenated alkanes) is 1. The van der Waals surface area contributed by atoms with Crippen LogP contribution in [-0.4, -0.2) is 25.7 Å². The van der Waals surface area contributed by atoms with Crippen molar-refractivity contribution in [3.8, 4) is 6.07 Å². The first-order chi connectivity index (χ1) is 15.1. The average Bonchev–Trinajstić information content (AvgIpc) is 3.48. The van der Waals surface area contributed by atoms with Crippen LogP contribution < -0.4 is 11.1 Å². The number of nitriles is 1. The number of nitrogens with one attached hydrogen (secondary N) is 1. The number of aromatic nitrogens is 4. The second kappa shape index (κ2) is 7.65. The number of carbonyl (C=O) groups is 1.